The molecule has 1 heterocycles. The van der Waals surface area contributed by atoms with Crippen molar-refractivity contribution in [2.75, 3.05) is 26.1 Å². The summed E-state index contributed by atoms with van der Waals surface area (Å²) in [5.41, 5.74) is 1.52. The number of nitrogens with zero attached hydrogens (tertiary/aromatic N) is 2. The number of benzene rings is 1. The molecule has 2 aromatic rings. The predicted molar refractivity (Wildman–Crippen MR) is 74.7 cm³/mol. The highest BCUT2D eigenvalue weighted by Gasteiger charge is 2.17. The fourth-order valence-corrected chi connectivity index (χ4v) is 1.90. The number of ether oxygens (including phenoxy) is 2. The zero-order valence-corrected chi connectivity index (χ0v) is 11.3. The lowest BCUT2D eigenvalue weighted by atomic mass is 10.1. The summed E-state index contributed by atoms with van der Waals surface area (Å²) < 4.78 is 10.8. The average Bonchev–Trinajstić information content (AvgIpc) is 2.47. The Balaban J connectivity index is 2.63. The van der Waals surface area contributed by atoms with Crippen LogP contribution in [-0.4, -0.2) is 30.7 Å². The first-order valence-corrected chi connectivity index (χ1v) is 6.08. The summed E-state index contributed by atoms with van der Waals surface area (Å²) in [7, 11) is 3.25. The molecule has 100 valence electrons. The Morgan fingerprint density at radius 3 is 2.26 bits per heavy atom. The van der Waals surface area contributed by atoms with Crippen molar-refractivity contribution in [1.29, 1.82) is 0 Å². The Hall–Kier alpha value is -2.30. The number of nitrogens with one attached hydrogen (secondary N) is 1. The first-order chi connectivity index (χ1) is 9.31. The highest BCUT2D eigenvalue weighted by atomic mass is 16.5. The number of anilines is 1. The van der Waals surface area contributed by atoms with Gasteiger partial charge in [-0.15, -0.1) is 0 Å². The van der Waals surface area contributed by atoms with E-state index in [-0.39, 0.29) is 0 Å². The van der Waals surface area contributed by atoms with Crippen molar-refractivity contribution < 1.29 is 9.47 Å². The van der Waals surface area contributed by atoms with Gasteiger partial charge < -0.3 is 14.8 Å². The average molecular weight is 259 g/mol. The first-order valence-electron chi connectivity index (χ1n) is 6.08. The van der Waals surface area contributed by atoms with Crippen LogP contribution in [0.25, 0.3) is 11.3 Å². The Kier molecular flexibility index (Phi) is 4.18. The maximum absolute atomic E-state index is 5.40. The zero-order chi connectivity index (χ0) is 13.7. The maximum atomic E-state index is 5.40. The van der Waals surface area contributed by atoms with Crippen LogP contribution in [0.1, 0.15) is 6.92 Å². The van der Waals surface area contributed by atoms with Gasteiger partial charge in [-0.2, -0.15) is 0 Å². The molecule has 0 radical (unpaired) electrons. The van der Waals surface area contributed by atoms with E-state index in [1.807, 2.05) is 25.1 Å². The lowest BCUT2D eigenvalue weighted by molar-refractivity contribution is 0.397. The van der Waals surface area contributed by atoms with E-state index in [2.05, 4.69) is 15.3 Å². The molecule has 0 aliphatic heterocycles. The minimum atomic E-state index is 0.707. The minimum absolute atomic E-state index is 0.707. The number of hydrogen-bond donors (Lipinski definition) is 1. The summed E-state index contributed by atoms with van der Waals surface area (Å²) in [6.45, 7) is 2.78. The van der Waals surface area contributed by atoms with Gasteiger partial charge in [0, 0.05) is 18.9 Å². The van der Waals surface area contributed by atoms with E-state index < -0.39 is 0 Å². The van der Waals surface area contributed by atoms with E-state index in [1.54, 1.807) is 26.6 Å². The minimum Gasteiger partial charge on any atom is -0.496 e. The van der Waals surface area contributed by atoms with E-state index >= 15 is 0 Å². The fourth-order valence-electron chi connectivity index (χ4n) is 1.90. The molecular formula is C14H17N3O2. The highest BCUT2D eigenvalue weighted by molar-refractivity contribution is 5.81. The second-order valence-corrected chi connectivity index (χ2v) is 3.82. The van der Waals surface area contributed by atoms with Gasteiger partial charge in [0.2, 0.25) is 0 Å². The molecule has 5 heteroatoms. The van der Waals surface area contributed by atoms with Crippen LogP contribution in [0.15, 0.2) is 30.6 Å². The summed E-state index contributed by atoms with van der Waals surface area (Å²) >= 11 is 0. The monoisotopic (exact) mass is 259 g/mol. The molecule has 1 aromatic heterocycles. The lowest BCUT2D eigenvalue weighted by Crippen LogP contribution is -2.04. The van der Waals surface area contributed by atoms with E-state index in [0.717, 1.165) is 17.8 Å². The second kappa shape index (κ2) is 6.04. The van der Waals surface area contributed by atoms with Gasteiger partial charge in [-0.1, -0.05) is 6.07 Å². The van der Waals surface area contributed by atoms with Crippen molar-refractivity contribution >= 4 is 5.82 Å². The van der Waals surface area contributed by atoms with E-state index in [1.165, 1.54) is 0 Å². The third-order valence-corrected chi connectivity index (χ3v) is 2.71. The van der Waals surface area contributed by atoms with E-state index in [9.17, 15) is 0 Å². The number of aromatic nitrogens is 2. The molecule has 0 saturated heterocycles. The summed E-state index contributed by atoms with van der Waals surface area (Å²) in [6.07, 6.45) is 3.31. The standard InChI is InChI=1S/C14H17N3O2/c1-4-15-14-13(16-8-9-17-14)12-10(18-2)6-5-7-11(12)19-3/h5-9H,4H2,1-3H3,(H,15,17). The van der Waals surface area contributed by atoms with E-state index in [0.29, 0.717) is 17.3 Å². The molecule has 0 saturated carbocycles. The van der Waals surface area contributed by atoms with Crippen LogP contribution in [0.4, 0.5) is 5.82 Å². The van der Waals surface area contributed by atoms with Crippen LogP contribution in [0.3, 0.4) is 0 Å². The van der Waals surface area contributed by atoms with Crippen LogP contribution >= 0.6 is 0 Å². The van der Waals surface area contributed by atoms with E-state index in [4.69, 9.17) is 9.47 Å². The predicted octanol–water partition coefficient (Wildman–Crippen LogP) is 2.59. The molecule has 0 unspecified atom stereocenters. The van der Waals surface area contributed by atoms with Crippen molar-refractivity contribution in [3.63, 3.8) is 0 Å². The third kappa shape index (κ3) is 2.59. The lowest BCUT2D eigenvalue weighted by Gasteiger charge is -2.14. The summed E-state index contributed by atoms with van der Waals surface area (Å²) in [5, 5.41) is 3.19. The highest BCUT2D eigenvalue weighted by Crippen LogP contribution is 2.39. The van der Waals surface area contributed by atoms with Crippen LogP contribution in [0.2, 0.25) is 0 Å². The fraction of sp³-hybridized carbons (Fsp3) is 0.286. The van der Waals surface area contributed by atoms with Crippen molar-refractivity contribution in [1.82, 2.24) is 9.97 Å². The summed E-state index contributed by atoms with van der Waals surface area (Å²) in [5.74, 6) is 2.13. The Bertz CT molecular complexity index is 536. The number of hydrogen-bond acceptors (Lipinski definition) is 5. The molecule has 1 aromatic carbocycles. The van der Waals surface area contributed by atoms with Crippen LogP contribution in [0, 0.1) is 0 Å². The molecule has 5 nitrogen and oxygen atoms in total. The van der Waals surface area contributed by atoms with Crippen molar-refractivity contribution in [3.8, 4) is 22.8 Å². The summed E-state index contributed by atoms with van der Waals surface area (Å²) in [6, 6.07) is 5.63. The van der Waals surface area contributed by atoms with Gasteiger partial charge in [0.15, 0.2) is 5.82 Å². The first kappa shape index (κ1) is 13.1. The number of rotatable bonds is 5. The molecule has 19 heavy (non-hydrogen) atoms. The Morgan fingerprint density at radius 1 is 1.05 bits per heavy atom. The molecule has 0 amide bonds. The molecule has 0 atom stereocenters. The van der Waals surface area contributed by atoms with Crippen LogP contribution in [0.5, 0.6) is 11.5 Å². The van der Waals surface area contributed by atoms with Crippen LogP contribution < -0.4 is 14.8 Å². The smallest absolute Gasteiger partial charge is 0.152 e. The Labute approximate surface area is 112 Å². The Morgan fingerprint density at radius 2 is 1.68 bits per heavy atom. The molecular weight excluding hydrogens is 242 g/mol. The van der Waals surface area contributed by atoms with Crippen molar-refractivity contribution in [2.24, 2.45) is 0 Å². The normalized spacial score (nSPS) is 10.1. The topological polar surface area (TPSA) is 56.3 Å². The van der Waals surface area contributed by atoms with Gasteiger partial charge >= 0.3 is 0 Å². The third-order valence-electron chi connectivity index (χ3n) is 2.71. The molecule has 1 N–H and O–H groups in total. The van der Waals surface area contributed by atoms with Crippen LogP contribution in [-0.2, 0) is 0 Å². The molecule has 0 spiro atoms. The molecule has 0 fully saturated rings. The molecule has 0 aliphatic carbocycles. The summed E-state index contributed by atoms with van der Waals surface area (Å²) in [4.78, 5) is 8.71. The largest absolute Gasteiger partial charge is 0.496 e. The van der Waals surface area contributed by atoms with Gasteiger partial charge in [-0.25, -0.2) is 4.98 Å². The van der Waals surface area contributed by atoms with Gasteiger partial charge in [0.25, 0.3) is 0 Å². The van der Waals surface area contributed by atoms with Gasteiger partial charge in [0.05, 0.1) is 19.8 Å². The quantitative estimate of drug-likeness (QED) is 0.894. The maximum Gasteiger partial charge on any atom is 0.152 e. The van der Waals surface area contributed by atoms with Gasteiger partial charge in [-0.3, -0.25) is 4.98 Å². The van der Waals surface area contributed by atoms with Gasteiger partial charge in [0.1, 0.15) is 17.2 Å². The number of methoxy groups -OCH3 is 2. The SMILES string of the molecule is CCNc1nccnc1-c1c(OC)cccc1OC. The van der Waals surface area contributed by atoms with Crippen molar-refractivity contribution in [2.45, 2.75) is 6.92 Å². The van der Waals surface area contributed by atoms with Crippen molar-refractivity contribution in [3.05, 3.63) is 30.6 Å². The zero-order valence-electron chi connectivity index (χ0n) is 11.3. The molecule has 0 aliphatic rings. The second-order valence-electron chi connectivity index (χ2n) is 3.82. The molecule has 0 bridgehead atoms. The van der Waals surface area contributed by atoms with Gasteiger partial charge in [-0.05, 0) is 19.1 Å². The molecule has 2 rings (SSSR count).